The van der Waals surface area contributed by atoms with Crippen LogP contribution in [-0.4, -0.2) is 294 Å². The number of carbonyl (C=O) groups is 5. The summed E-state index contributed by atoms with van der Waals surface area (Å²) < 4.78 is 86.9. The monoisotopic (exact) mass is 1460 g/mol. The summed E-state index contributed by atoms with van der Waals surface area (Å²) in [5.74, 6) is -1.78. The lowest BCUT2D eigenvalue weighted by Gasteiger charge is -2.33. The Morgan fingerprint density at radius 3 is 1.30 bits per heavy atom. The Labute approximate surface area is 607 Å². The van der Waals surface area contributed by atoms with Gasteiger partial charge in [-0.05, 0) is 124 Å². The molecule has 3 aromatic rings. The van der Waals surface area contributed by atoms with Crippen LogP contribution < -0.4 is 0 Å². The van der Waals surface area contributed by atoms with Crippen LogP contribution in [0.2, 0.25) is 0 Å². The Morgan fingerprint density at radius 1 is 0.475 bits per heavy atom. The fourth-order valence-corrected chi connectivity index (χ4v) is 11.9. The normalized spacial score (nSPS) is 16.1. The number of nitrogens with zero attached hydrogens (tertiary/aromatic N) is 7. The van der Waals surface area contributed by atoms with Crippen LogP contribution >= 0.6 is 12.2 Å². The van der Waals surface area contributed by atoms with E-state index in [-0.39, 0.29) is 37.2 Å². The van der Waals surface area contributed by atoms with Gasteiger partial charge in [0.2, 0.25) is 5.82 Å². The van der Waals surface area contributed by atoms with Crippen molar-refractivity contribution in [3.63, 3.8) is 0 Å². The first-order chi connectivity index (χ1) is 49.5. The fraction of sp³-hybridized carbons (Fsp3) is 0.722. The van der Waals surface area contributed by atoms with Crippen LogP contribution in [0.4, 0.5) is 3.52 Å². The Bertz CT molecular complexity index is 2660. The molecule has 2 aliphatic rings. The van der Waals surface area contributed by atoms with E-state index in [4.69, 9.17) is 71.9 Å². The van der Waals surface area contributed by atoms with Gasteiger partial charge in [0, 0.05) is 222 Å². The summed E-state index contributed by atoms with van der Waals surface area (Å²) in [6.45, 7) is 15.6. The molecule has 0 radical (unpaired) electrons. The Balaban J connectivity index is 0.666. The van der Waals surface area contributed by atoms with Gasteiger partial charge in [0.1, 0.15) is 11.6 Å². The van der Waals surface area contributed by atoms with Crippen molar-refractivity contribution in [2.24, 2.45) is 0 Å². The molecule has 0 saturated carbocycles. The number of aliphatic carboxylic acids is 1. The zero-order valence-corrected chi connectivity index (χ0v) is 61.6. The zero-order valence-electron chi connectivity index (χ0n) is 59.6. The van der Waals surface area contributed by atoms with Crippen molar-refractivity contribution in [1.29, 1.82) is 0 Å². The van der Waals surface area contributed by atoms with Crippen LogP contribution in [0.15, 0.2) is 54.9 Å². The second-order valence-electron chi connectivity index (χ2n) is 25.0. The third-order valence-corrected chi connectivity index (χ3v) is 17.5. The van der Waals surface area contributed by atoms with Gasteiger partial charge < -0.3 is 68.3 Å². The molecule has 3 heterocycles. The molecule has 2 bridgehead atoms. The van der Waals surface area contributed by atoms with E-state index in [1.54, 1.807) is 4.90 Å². The summed E-state index contributed by atoms with van der Waals surface area (Å²) in [6, 6.07) is 15.6. The van der Waals surface area contributed by atoms with Crippen molar-refractivity contribution in [3.8, 4) is 11.4 Å². The molecule has 0 amide bonds. The number of carboxylic acid groups (broad SMARTS) is 1. The maximum atomic E-state index is 14.4. The van der Waals surface area contributed by atoms with Crippen LogP contribution in [0.3, 0.4) is 0 Å². The number of ketones is 2. The van der Waals surface area contributed by atoms with Crippen LogP contribution in [0.25, 0.3) is 11.4 Å². The molecule has 1 N–H and O–H groups in total. The Morgan fingerprint density at radius 2 is 0.851 bits per heavy atom. The molecule has 2 saturated heterocycles. The molecule has 566 valence electrons. The molecule has 2 aliphatic heterocycles. The van der Waals surface area contributed by atoms with E-state index in [0.29, 0.717) is 242 Å². The highest BCUT2D eigenvalue weighted by atomic mass is 32.1. The number of benzene rings is 2. The Hall–Kier alpha value is -4.88. The number of aromatic nitrogens is 4. The van der Waals surface area contributed by atoms with Crippen LogP contribution in [0, 0.1) is 0 Å². The summed E-state index contributed by atoms with van der Waals surface area (Å²) >= 11 is 1.73. The lowest BCUT2D eigenvalue weighted by molar-refractivity contribution is -0.144. The van der Waals surface area contributed by atoms with E-state index in [0.717, 1.165) is 104 Å². The van der Waals surface area contributed by atoms with Crippen molar-refractivity contribution >= 4 is 61.8 Å². The number of hydrogen-bond donors (Lipinski definition) is 1. The van der Waals surface area contributed by atoms with E-state index in [9.17, 15) is 32.6 Å². The molecule has 3 unspecified atom stereocenters. The molecule has 2 fully saturated rings. The molecule has 3 atom stereocenters. The van der Waals surface area contributed by atoms with Gasteiger partial charge in [-0.15, -0.1) is 20.4 Å². The topological polar surface area (TPSA) is 287 Å². The van der Waals surface area contributed by atoms with E-state index in [1.807, 2.05) is 58.3 Å². The average molecular weight is 1460 g/mol. The van der Waals surface area contributed by atoms with E-state index in [1.165, 1.54) is 6.33 Å². The molecule has 29 heteroatoms. The molecule has 5 rings (SSSR count). The number of ether oxygens (including phenoxy) is 11. The number of halogens is 1. The number of thiocarbonyl (C=S) groups is 1. The number of carbonyl (C=O) groups excluding carboxylic acids is 4. The number of carboxylic acids is 1. The van der Waals surface area contributed by atoms with Crippen molar-refractivity contribution in [2.75, 3.05) is 198 Å². The number of aryl methyl sites for hydroxylation is 1. The average Bonchev–Trinajstić information content (AvgIpc) is 1.84. The molecular weight excluding hydrogens is 1340 g/mol. The van der Waals surface area contributed by atoms with Crippen molar-refractivity contribution in [1.82, 2.24) is 35.1 Å². The zero-order chi connectivity index (χ0) is 71.7. The molecule has 0 spiro atoms. The van der Waals surface area contributed by atoms with Gasteiger partial charge in [0.05, 0.1) is 19.6 Å². The number of hydrogen-bond acceptors (Lipinski definition) is 26. The summed E-state index contributed by atoms with van der Waals surface area (Å²) in [5.41, 5.74) is 3.96. The smallest absolute Gasteiger partial charge is 0.558 e. The number of Topliss-reactive ketones (excluding diaryl/α,β-unsaturated/α-hetero) is 2. The highest BCUT2D eigenvalue weighted by Gasteiger charge is 2.43. The van der Waals surface area contributed by atoms with Gasteiger partial charge in [-0.2, -0.15) is 0 Å². The maximum absolute atomic E-state index is 14.4. The molecule has 2 aromatic carbocycles. The van der Waals surface area contributed by atoms with Gasteiger partial charge in [-0.25, -0.2) is 0 Å². The molecule has 1 aromatic heterocycles. The summed E-state index contributed by atoms with van der Waals surface area (Å²) in [7, 11) is 0. The molecule has 0 aliphatic carbocycles. The summed E-state index contributed by atoms with van der Waals surface area (Å²) in [4.78, 5) is 67.9. The lowest BCUT2D eigenvalue weighted by atomic mass is 10.00. The maximum Gasteiger partial charge on any atom is 1.15 e. The highest BCUT2D eigenvalue weighted by Crippen LogP contribution is 2.19. The quantitative estimate of drug-likeness (QED) is 0.0327. The SMILES string of the molecule is O=C(O)CN1CCN2CCN(CC(=O)[O][Al]([18F])[O]C(=O)C2)C(Cc2ccc(CC(=S)CCCOCCCOCCCOCCCOCCCOCCCOCCCOCCCOCCCOCCCOCCCOCCCC(=O)CCCC(=O)CCc3ccc(-c4nncnn4)cc3)cc2)C1. The minimum atomic E-state index is -3.98. The summed E-state index contributed by atoms with van der Waals surface area (Å²) in [5, 5.41) is 25.0. The first kappa shape index (κ1) is 86.8. The minimum absolute atomic E-state index is 0.168. The van der Waals surface area contributed by atoms with Crippen molar-refractivity contribution in [2.45, 2.75) is 141 Å². The van der Waals surface area contributed by atoms with E-state index >= 15 is 0 Å². The van der Waals surface area contributed by atoms with Crippen molar-refractivity contribution in [3.05, 3.63) is 71.5 Å². The van der Waals surface area contributed by atoms with Gasteiger partial charge in [0.25, 0.3) is 11.9 Å². The number of fused-ring (bicyclic) bond motifs is 3. The predicted molar refractivity (Wildman–Crippen MR) is 380 cm³/mol. The van der Waals surface area contributed by atoms with Crippen LogP contribution in [0.5, 0.6) is 0 Å². The first-order valence-corrected chi connectivity index (χ1v) is 38.3. The van der Waals surface area contributed by atoms with Gasteiger partial charge in [-0.3, -0.25) is 38.7 Å². The van der Waals surface area contributed by atoms with Crippen LogP contribution in [0.1, 0.15) is 132 Å². The molecular formula is C72H113AlFN7O19S. The molecule has 26 nitrogen and oxygen atoms in total. The first-order valence-electron chi connectivity index (χ1n) is 36.5. The van der Waals surface area contributed by atoms with Gasteiger partial charge >= 0.3 is 21.2 Å². The standard InChI is InChI=1S/C72H115N7O19S.Al.FH/c80-66(14-1-15-67(81)27-24-61-22-25-64(26-23-61)72-75-73-60-74-76-72)16-2-32-88-34-4-36-90-38-6-40-92-42-8-44-94-46-10-48-96-50-12-52-98-53-13-51-97-49-11-47-95-45-9-43-93-41-7-39-91-37-5-35-89-33-3-17-68(99)55-63-20-18-62(19-21-63)54-65-56-78(58-70(84)85)29-28-77(57-69(82)83)30-31-79(65)59-71(86)87;;/h18-23,25-26,60,65H,1-17,24,27-59H2,(H,82,83)(H,84,85)(H,86,87);;1H/q;+3;/p-3/i;;1-1. The predicted octanol–water partition coefficient (Wildman–Crippen LogP) is 7.40. The van der Waals surface area contributed by atoms with Crippen LogP contribution in [-0.2, 0) is 103 Å². The molecule has 101 heavy (non-hydrogen) atoms. The Kier molecular flexibility index (Phi) is 50.2. The second kappa shape index (κ2) is 58.4. The van der Waals surface area contributed by atoms with E-state index < -0.39 is 33.2 Å². The number of rotatable bonds is 62. The van der Waals surface area contributed by atoms with Crippen molar-refractivity contribution < 1.29 is 92.3 Å². The van der Waals surface area contributed by atoms with E-state index in [2.05, 4.69) is 20.4 Å². The third-order valence-electron chi connectivity index (χ3n) is 16.3. The second-order valence-corrected chi connectivity index (χ2v) is 26.6. The largest absolute Gasteiger partial charge is 1.15 e. The lowest BCUT2D eigenvalue weighted by Crippen LogP contribution is -2.49. The third kappa shape index (κ3) is 45.9. The van der Waals surface area contributed by atoms with Gasteiger partial charge in [-0.1, -0.05) is 60.7 Å². The summed E-state index contributed by atoms with van der Waals surface area (Å²) in [6.07, 6.45) is 16.2. The highest BCUT2D eigenvalue weighted by molar-refractivity contribution is 7.80. The van der Waals surface area contributed by atoms with Gasteiger partial charge in [0.15, 0.2) is 6.33 Å². The fourth-order valence-electron chi connectivity index (χ4n) is 10.9. The minimum Gasteiger partial charge on any atom is -0.558 e.